The topological polar surface area (TPSA) is 83.1 Å². The highest BCUT2D eigenvalue weighted by atomic mass is 15.1. The lowest BCUT2D eigenvalue weighted by molar-refractivity contribution is 0.479. The molecule has 0 aliphatic heterocycles. The van der Waals surface area contributed by atoms with Gasteiger partial charge in [0.25, 0.3) is 0 Å². The number of pyridine rings is 2. The summed E-state index contributed by atoms with van der Waals surface area (Å²) in [5.74, 6) is 2.21. The highest BCUT2D eigenvalue weighted by molar-refractivity contribution is 5.87. The van der Waals surface area contributed by atoms with Crippen LogP contribution in [0.15, 0.2) is 24.4 Å². The van der Waals surface area contributed by atoms with Gasteiger partial charge in [-0.2, -0.15) is 0 Å². The van der Waals surface area contributed by atoms with Crippen LogP contribution in [0.1, 0.15) is 64.9 Å². The molecule has 6 heteroatoms. The number of fused-ring (bicyclic) bond motifs is 2. The van der Waals surface area contributed by atoms with Crippen LogP contribution in [-0.4, -0.2) is 29.9 Å². The van der Waals surface area contributed by atoms with Gasteiger partial charge in [0.15, 0.2) is 11.3 Å². The van der Waals surface area contributed by atoms with Crippen molar-refractivity contribution in [2.45, 2.75) is 58.8 Å². The molecule has 0 aliphatic rings. The summed E-state index contributed by atoms with van der Waals surface area (Å²) >= 11 is 0. The van der Waals surface area contributed by atoms with Crippen molar-refractivity contribution in [2.24, 2.45) is 0 Å². The van der Waals surface area contributed by atoms with Crippen molar-refractivity contribution >= 4 is 22.3 Å². The monoisotopic (exact) mass is 362 g/mol. The molecule has 0 saturated heterocycles. The molecule has 0 amide bonds. The number of hydrogen-bond acceptors (Lipinski definition) is 4. The summed E-state index contributed by atoms with van der Waals surface area (Å²) in [5, 5.41) is 0. The van der Waals surface area contributed by atoms with E-state index in [0.717, 1.165) is 46.8 Å². The molecule has 0 radical (unpaired) electrons. The third-order valence-electron chi connectivity index (χ3n) is 5.63. The van der Waals surface area contributed by atoms with Crippen LogP contribution < -0.4 is 0 Å². The first kappa shape index (κ1) is 17.6. The van der Waals surface area contributed by atoms with Gasteiger partial charge < -0.3 is 9.97 Å². The van der Waals surface area contributed by atoms with Gasteiger partial charge in [0.2, 0.25) is 0 Å². The summed E-state index contributed by atoms with van der Waals surface area (Å²) in [5.41, 5.74) is 5.28. The zero-order chi connectivity index (χ0) is 19.2. The van der Waals surface area contributed by atoms with Crippen LogP contribution >= 0.6 is 0 Å². The second-order valence-corrected chi connectivity index (χ2v) is 7.92. The van der Waals surface area contributed by atoms with Gasteiger partial charge in [-0.15, -0.1) is 0 Å². The van der Waals surface area contributed by atoms with Crippen molar-refractivity contribution in [3.8, 4) is 11.4 Å². The van der Waals surface area contributed by atoms with Gasteiger partial charge in [-0.05, 0) is 37.0 Å². The van der Waals surface area contributed by atoms with Gasteiger partial charge in [-0.25, -0.2) is 15.0 Å². The van der Waals surface area contributed by atoms with E-state index in [9.17, 15) is 0 Å². The molecular weight excluding hydrogens is 336 g/mol. The summed E-state index contributed by atoms with van der Waals surface area (Å²) in [4.78, 5) is 25.4. The van der Waals surface area contributed by atoms with E-state index in [4.69, 9.17) is 4.98 Å². The third kappa shape index (κ3) is 3.09. The normalized spacial score (nSPS) is 13.5. The molecule has 0 saturated carbocycles. The SMILES string of the molecule is CCC(C)c1ccc(-c2nc3nc4nc(C(C)(C)CC)[nH]c4cc3[nH]2)cn1. The molecule has 27 heavy (non-hydrogen) atoms. The number of nitrogens with zero attached hydrogens (tertiary/aromatic N) is 4. The first-order valence-corrected chi connectivity index (χ1v) is 9.64. The Morgan fingerprint density at radius 3 is 2.41 bits per heavy atom. The fraction of sp³-hybridized carbons (Fsp3) is 0.429. The average Bonchev–Trinajstić information content (AvgIpc) is 3.29. The van der Waals surface area contributed by atoms with E-state index >= 15 is 0 Å². The molecule has 0 aromatic carbocycles. The Kier molecular flexibility index (Phi) is 4.21. The Labute approximate surface area is 158 Å². The summed E-state index contributed by atoms with van der Waals surface area (Å²) in [7, 11) is 0. The summed E-state index contributed by atoms with van der Waals surface area (Å²) in [6, 6.07) is 6.19. The van der Waals surface area contributed by atoms with E-state index in [2.05, 4.69) is 71.7 Å². The van der Waals surface area contributed by atoms with Gasteiger partial charge >= 0.3 is 0 Å². The number of rotatable bonds is 5. The highest BCUT2D eigenvalue weighted by Gasteiger charge is 2.23. The number of H-pyrrole nitrogens is 2. The molecule has 140 valence electrons. The van der Waals surface area contributed by atoms with Gasteiger partial charge in [0, 0.05) is 22.9 Å². The predicted molar refractivity (Wildman–Crippen MR) is 109 cm³/mol. The van der Waals surface area contributed by atoms with E-state index in [1.54, 1.807) is 0 Å². The van der Waals surface area contributed by atoms with E-state index in [-0.39, 0.29) is 5.41 Å². The molecule has 4 aromatic rings. The molecule has 0 spiro atoms. The van der Waals surface area contributed by atoms with E-state index in [1.165, 1.54) is 0 Å². The van der Waals surface area contributed by atoms with E-state index < -0.39 is 0 Å². The lowest BCUT2D eigenvalue weighted by Gasteiger charge is -2.18. The van der Waals surface area contributed by atoms with Gasteiger partial charge in [-0.1, -0.05) is 34.6 Å². The molecule has 0 bridgehead atoms. The molecule has 4 heterocycles. The molecule has 0 fully saturated rings. The van der Waals surface area contributed by atoms with Crippen LogP contribution in [0.4, 0.5) is 0 Å². The average molecular weight is 362 g/mol. The fourth-order valence-electron chi connectivity index (χ4n) is 3.04. The van der Waals surface area contributed by atoms with Crippen molar-refractivity contribution in [2.75, 3.05) is 0 Å². The molecular formula is C21H26N6. The van der Waals surface area contributed by atoms with E-state index in [1.807, 2.05) is 12.3 Å². The lowest BCUT2D eigenvalue weighted by Crippen LogP contribution is -2.17. The van der Waals surface area contributed by atoms with Gasteiger partial charge in [-0.3, -0.25) is 4.98 Å². The van der Waals surface area contributed by atoms with Crippen molar-refractivity contribution in [1.82, 2.24) is 29.9 Å². The quantitative estimate of drug-likeness (QED) is 0.517. The van der Waals surface area contributed by atoms with Crippen LogP contribution in [0, 0.1) is 0 Å². The first-order valence-electron chi connectivity index (χ1n) is 9.64. The number of nitrogens with one attached hydrogen (secondary N) is 2. The van der Waals surface area contributed by atoms with Crippen LogP contribution in [0.3, 0.4) is 0 Å². The van der Waals surface area contributed by atoms with Crippen LogP contribution in [0.5, 0.6) is 0 Å². The zero-order valence-corrected chi connectivity index (χ0v) is 16.6. The Hall–Kier alpha value is -2.76. The van der Waals surface area contributed by atoms with Crippen LogP contribution in [0.25, 0.3) is 33.7 Å². The molecule has 0 aliphatic carbocycles. The maximum atomic E-state index is 4.69. The van der Waals surface area contributed by atoms with Crippen molar-refractivity contribution in [3.05, 3.63) is 35.9 Å². The Morgan fingerprint density at radius 2 is 1.74 bits per heavy atom. The maximum absolute atomic E-state index is 4.69. The molecule has 1 atom stereocenters. The minimum Gasteiger partial charge on any atom is -0.340 e. The van der Waals surface area contributed by atoms with Crippen molar-refractivity contribution < 1.29 is 0 Å². The number of aromatic nitrogens is 6. The highest BCUT2D eigenvalue weighted by Crippen LogP contribution is 2.28. The summed E-state index contributed by atoms with van der Waals surface area (Å²) in [6.07, 6.45) is 3.97. The summed E-state index contributed by atoms with van der Waals surface area (Å²) in [6.45, 7) is 10.9. The molecule has 1 unspecified atom stereocenters. The minimum absolute atomic E-state index is 0.00393. The van der Waals surface area contributed by atoms with Gasteiger partial charge in [0.05, 0.1) is 11.0 Å². The lowest BCUT2D eigenvalue weighted by atomic mass is 9.90. The Balaban J connectivity index is 1.72. The van der Waals surface area contributed by atoms with Crippen molar-refractivity contribution in [3.63, 3.8) is 0 Å². The molecule has 6 nitrogen and oxygen atoms in total. The number of imidazole rings is 2. The van der Waals surface area contributed by atoms with Crippen LogP contribution in [0.2, 0.25) is 0 Å². The fourth-order valence-corrected chi connectivity index (χ4v) is 3.04. The predicted octanol–water partition coefficient (Wildman–Crippen LogP) is 5.10. The second-order valence-electron chi connectivity index (χ2n) is 7.92. The molecule has 4 rings (SSSR count). The molecule has 2 N–H and O–H groups in total. The smallest absolute Gasteiger partial charge is 0.180 e. The van der Waals surface area contributed by atoms with Crippen LogP contribution in [-0.2, 0) is 5.41 Å². The number of aromatic amines is 2. The Bertz CT molecular complexity index is 1040. The second kappa shape index (κ2) is 6.44. The molecule has 4 aromatic heterocycles. The minimum atomic E-state index is -0.00393. The first-order chi connectivity index (χ1) is 12.9. The summed E-state index contributed by atoms with van der Waals surface area (Å²) < 4.78 is 0. The van der Waals surface area contributed by atoms with Gasteiger partial charge in [0.1, 0.15) is 11.6 Å². The number of hydrogen-bond donors (Lipinski definition) is 2. The Morgan fingerprint density at radius 1 is 1.00 bits per heavy atom. The third-order valence-corrected chi connectivity index (χ3v) is 5.63. The zero-order valence-electron chi connectivity index (χ0n) is 16.6. The van der Waals surface area contributed by atoms with Crippen molar-refractivity contribution in [1.29, 1.82) is 0 Å². The standard InChI is InChI=1S/C21H26N6/c1-6-12(3)14-9-8-13(11-22-14)17-23-15-10-16-19(26-18(15)25-17)27-20(24-16)21(4,5)7-2/h8-12H,6-7H2,1-5H3,(H2,23,24,25,26,27). The van der Waals surface area contributed by atoms with E-state index in [0.29, 0.717) is 17.2 Å². The largest absolute Gasteiger partial charge is 0.340 e. The maximum Gasteiger partial charge on any atom is 0.180 e.